The van der Waals surface area contributed by atoms with E-state index in [0.717, 1.165) is 19.6 Å². The summed E-state index contributed by atoms with van der Waals surface area (Å²) in [4.78, 5) is 35.5. The highest BCUT2D eigenvalue weighted by atomic mass is 16.5. The van der Waals surface area contributed by atoms with Crippen LogP contribution in [0.4, 0.5) is 16.3 Å². The molecule has 3 amide bonds. The van der Waals surface area contributed by atoms with Crippen molar-refractivity contribution in [3.8, 4) is 17.4 Å². The van der Waals surface area contributed by atoms with Gasteiger partial charge in [0.05, 0.1) is 25.1 Å². The molecule has 0 atom stereocenters. The molecule has 0 fully saturated rings. The van der Waals surface area contributed by atoms with E-state index in [1.807, 2.05) is 18.2 Å². The van der Waals surface area contributed by atoms with Gasteiger partial charge in [-0.15, -0.1) is 0 Å². The van der Waals surface area contributed by atoms with Crippen LogP contribution in [-0.2, 0) is 0 Å². The second kappa shape index (κ2) is 12.9. The molecule has 0 aliphatic heterocycles. The Balaban J connectivity index is 1.54. The molecule has 3 aromatic rings. The van der Waals surface area contributed by atoms with Gasteiger partial charge >= 0.3 is 6.03 Å². The summed E-state index contributed by atoms with van der Waals surface area (Å²) >= 11 is 0. The summed E-state index contributed by atoms with van der Waals surface area (Å²) in [5, 5.41) is 8.19. The number of hydrogen-bond donors (Lipinski definition) is 3. The van der Waals surface area contributed by atoms with Gasteiger partial charge in [0.25, 0.3) is 5.91 Å². The van der Waals surface area contributed by atoms with E-state index in [2.05, 4.69) is 44.7 Å². The monoisotopic (exact) mass is 478 g/mol. The number of nitrogens with one attached hydrogen (secondary N) is 3. The van der Waals surface area contributed by atoms with Gasteiger partial charge in [0.1, 0.15) is 11.5 Å². The number of urea groups is 1. The number of likely N-dealkylation sites (N-methyl/N-ethyl adjacent to an activating group) is 1. The Bertz CT molecular complexity index is 1100. The van der Waals surface area contributed by atoms with E-state index in [0.29, 0.717) is 35.2 Å². The summed E-state index contributed by atoms with van der Waals surface area (Å²) in [6.45, 7) is 7.31. The molecule has 2 aromatic carbocycles. The van der Waals surface area contributed by atoms with Crippen molar-refractivity contribution in [2.45, 2.75) is 13.8 Å². The van der Waals surface area contributed by atoms with Gasteiger partial charge in [0.2, 0.25) is 5.88 Å². The number of anilines is 2. The normalized spacial score (nSPS) is 10.5. The average molecular weight is 479 g/mol. The Morgan fingerprint density at radius 1 is 0.971 bits per heavy atom. The first-order chi connectivity index (χ1) is 17.0. The van der Waals surface area contributed by atoms with Crippen LogP contribution in [0.5, 0.6) is 17.4 Å². The second-order valence-electron chi connectivity index (χ2n) is 7.43. The fourth-order valence-corrected chi connectivity index (χ4v) is 3.24. The number of benzene rings is 2. The van der Waals surface area contributed by atoms with E-state index in [9.17, 15) is 9.59 Å². The number of carbonyl (C=O) groups excluding carboxylic acids is 2. The van der Waals surface area contributed by atoms with Gasteiger partial charge in [-0.05, 0) is 37.4 Å². The molecule has 184 valence electrons. The van der Waals surface area contributed by atoms with E-state index in [1.165, 1.54) is 19.5 Å². The van der Waals surface area contributed by atoms with Crippen molar-refractivity contribution >= 4 is 23.4 Å². The van der Waals surface area contributed by atoms with E-state index in [-0.39, 0.29) is 11.7 Å². The lowest BCUT2D eigenvalue weighted by Gasteiger charge is -2.18. The molecule has 10 nitrogen and oxygen atoms in total. The Morgan fingerprint density at radius 3 is 2.40 bits per heavy atom. The molecule has 0 bridgehead atoms. The van der Waals surface area contributed by atoms with Crippen LogP contribution in [0.15, 0.2) is 60.9 Å². The summed E-state index contributed by atoms with van der Waals surface area (Å²) in [6.07, 6.45) is 2.81. The standard InChI is InChI=1S/C25H30N6O4/c1-4-31(5-2)14-13-26-24(32)20-12-11-18(15-21(20)34-3)29-25(33)30-22-16-28-23(17-27-22)35-19-9-7-6-8-10-19/h6-12,15-17H,4-5,13-14H2,1-3H3,(H,26,32)(H2,27,29,30,33). The molecule has 1 heterocycles. The number of carbonyl (C=O) groups is 2. The molecule has 0 saturated heterocycles. The lowest BCUT2D eigenvalue weighted by atomic mass is 10.1. The third kappa shape index (κ3) is 7.68. The molecule has 0 spiro atoms. The molecule has 10 heteroatoms. The van der Waals surface area contributed by atoms with Crippen LogP contribution in [0.3, 0.4) is 0 Å². The van der Waals surface area contributed by atoms with Crippen LogP contribution in [-0.4, -0.2) is 60.1 Å². The molecular formula is C25H30N6O4. The molecule has 35 heavy (non-hydrogen) atoms. The summed E-state index contributed by atoms with van der Waals surface area (Å²) in [6, 6.07) is 13.5. The lowest BCUT2D eigenvalue weighted by Crippen LogP contribution is -2.34. The van der Waals surface area contributed by atoms with E-state index in [4.69, 9.17) is 9.47 Å². The maximum Gasteiger partial charge on any atom is 0.324 e. The zero-order valence-electron chi connectivity index (χ0n) is 20.1. The number of nitrogens with zero attached hydrogens (tertiary/aromatic N) is 3. The highest BCUT2D eigenvalue weighted by Crippen LogP contribution is 2.23. The number of methoxy groups -OCH3 is 1. The van der Waals surface area contributed by atoms with Crippen molar-refractivity contribution in [1.82, 2.24) is 20.2 Å². The number of rotatable bonds is 11. The minimum Gasteiger partial charge on any atom is -0.496 e. The zero-order chi connectivity index (χ0) is 25.0. The number of aromatic nitrogens is 2. The topological polar surface area (TPSA) is 118 Å². The first-order valence-corrected chi connectivity index (χ1v) is 11.3. The van der Waals surface area contributed by atoms with Gasteiger partial charge in [0, 0.05) is 24.8 Å². The first-order valence-electron chi connectivity index (χ1n) is 11.3. The Morgan fingerprint density at radius 2 is 1.74 bits per heavy atom. The van der Waals surface area contributed by atoms with E-state index >= 15 is 0 Å². The molecule has 0 aliphatic rings. The minimum absolute atomic E-state index is 0.238. The van der Waals surface area contributed by atoms with Gasteiger partial charge in [-0.25, -0.2) is 14.8 Å². The van der Waals surface area contributed by atoms with Crippen LogP contribution < -0.4 is 25.4 Å². The largest absolute Gasteiger partial charge is 0.496 e. The predicted molar refractivity (Wildman–Crippen MR) is 134 cm³/mol. The second-order valence-corrected chi connectivity index (χ2v) is 7.43. The fourth-order valence-electron chi connectivity index (χ4n) is 3.24. The molecule has 0 saturated carbocycles. The van der Waals surface area contributed by atoms with Crippen molar-refractivity contribution in [3.63, 3.8) is 0 Å². The Hall–Kier alpha value is -4.18. The van der Waals surface area contributed by atoms with Gasteiger partial charge in [-0.3, -0.25) is 10.1 Å². The Labute approximate surface area is 204 Å². The Kier molecular flexibility index (Phi) is 9.38. The predicted octanol–water partition coefficient (Wildman–Crippen LogP) is 3.99. The number of ether oxygens (including phenoxy) is 2. The SMILES string of the molecule is CCN(CC)CCNC(=O)c1ccc(NC(=O)Nc2cnc(Oc3ccccc3)cn2)cc1OC. The number of amides is 3. The van der Waals surface area contributed by atoms with Crippen LogP contribution >= 0.6 is 0 Å². The molecule has 0 aliphatic carbocycles. The van der Waals surface area contributed by atoms with Gasteiger partial charge in [0.15, 0.2) is 5.82 Å². The van der Waals surface area contributed by atoms with Gasteiger partial charge in [-0.1, -0.05) is 32.0 Å². The van der Waals surface area contributed by atoms with Crippen molar-refractivity contribution in [3.05, 3.63) is 66.5 Å². The highest BCUT2D eigenvalue weighted by Gasteiger charge is 2.14. The van der Waals surface area contributed by atoms with Crippen molar-refractivity contribution in [2.75, 3.05) is 43.9 Å². The zero-order valence-corrected chi connectivity index (χ0v) is 20.1. The van der Waals surface area contributed by atoms with Crippen LogP contribution in [0.1, 0.15) is 24.2 Å². The molecule has 3 rings (SSSR count). The first kappa shape index (κ1) is 25.4. The van der Waals surface area contributed by atoms with Gasteiger partial charge in [-0.2, -0.15) is 0 Å². The molecule has 1 aromatic heterocycles. The maximum atomic E-state index is 12.6. The van der Waals surface area contributed by atoms with Gasteiger partial charge < -0.3 is 25.0 Å². The summed E-state index contributed by atoms with van der Waals surface area (Å²) in [7, 11) is 1.47. The molecule has 0 radical (unpaired) electrons. The van der Waals surface area contributed by atoms with E-state index in [1.54, 1.807) is 30.3 Å². The van der Waals surface area contributed by atoms with E-state index < -0.39 is 6.03 Å². The van der Waals surface area contributed by atoms with Crippen LogP contribution in [0, 0.1) is 0 Å². The van der Waals surface area contributed by atoms with Crippen molar-refractivity contribution < 1.29 is 19.1 Å². The van der Waals surface area contributed by atoms with Crippen LogP contribution in [0.25, 0.3) is 0 Å². The fraction of sp³-hybridized carbons (Fsp3) is 0.280. The smallest absolute Gasteiger partial charge is 0.324 e. The van der Waals surface area contributed by atoms with Crippen molar-refractivity contribution in [2.24, 2.45) is 0 Å². The molecular weight excluding hydrogens is 448 g/mol. The quantitative estimate of drug-likeness (QED) is 0.381. The lowest BCUT2D eigenvalue weighted by molar-refractivity contribution is 0.0946. The minimum atomic E-state index is -0.519. The maximum absolute atomic E-state index is 12.6. The molecule has 3 N–H and O–H groups in total. The number of hydrogen-bond acceptors (Lipinski definition) is 7. The molecule has 0 unspecified atom stereocenters. The average Bonchev–Trinajstić information content (AvgIpc) is 2.88. The summed E-state index contributed by atoms with van der Waals surface area (Å²) in [5.41, 5.74) is 0.842. The third-order valence-electron chi connectivity index (χ3n) is 5.15. The van der Waals surface area contributed by atoms with Crippen molar-refractivity contribution in [1.29, 1.82) is 0 Å². The van der Waals surface area contributed by atoms with Crippen LogP contribution in [0.2, 0.25) is 0 Å². The summed E-state index contributed by atoms with van der Waals surface area (Å²) in [5.74, 6) is 1.30. The highest BCUT2D eigenvalue weighted by molar-refractivity contribution is 6.01. The number of para-hydroxylation sites is 1. The summed E-state index contributed by atoms with van der Waals surface area (Å²) < 4.78 is 10.9. The third-order valence-corrected chi connectivity index (χ3v) is 5.15.